The maximum atomic E-state index is 10.4. The summed E-state index contributed by atoms with van der Waals surface area (Å²) in [5.41, 5.74) is 2.37. The minimum Gasteiger partial charge on any atom is -0.481 e. The number of hydrogen-bond acceptors (Lipinski definition) is 4. The molecule has 2 aliphatic rings. The third kappa shape index (κ3) is 20.3. The molecule has 2 atom stereocenters. The van der Waals surface area contributed by atoms with E-state index in [4.69, 9.17) is 20.2 Å². The molecular weight excluding hydrogens is 535 g/mol. The van der Waals surface area contributed by atoms with Crippen LogP contribution < -0.4 is 0 Å². The summed E-state index contributed by atoms with van der Waals surface area (Å²) in [4.78, 5) is 30.6. The van der Waals surface area contributed by atoms with Crippen LogP contribution in [-0.4, -0.2) is 45.7 Å². The summed E-state index contributed by atoms with van der Waals surface area (Å²) in [6.45, 7) is 12.3. The molecule has 6 nitrogen and oxygen atoms in total. The third-order valence-electron chi connectivity index (χ3n) is 7.92. The van der Waals surface area contributed by atoms with Crippen molar-refractivity contribution >= 4 is 23.4 Å². The fourth-order valence-electron chi connectivity index (χ4n) is 5.06. The van der Waals surface area contributed by atoms with Crippen LogP contribution in [0.1, 0.15) is 157 Å². The SMILES string of the molecule is CC(=NC1CCCCC1)C(C)=NC1CCCCC1.CCCCC(CC)C(=O)O.CCCCC(CC)C(=O)O.[Co]. The predicted molar refractivity (Wildman–Crippen MR) is 162 cm³/mol. The second-order valence-corrected chi connectivity index (χ2v) is 11.2. The van der Waals surface area contributed by atoms with E-state index >= 15 is 0 Å². The van der Waals surface area contributed by atoms with Gasteiger partial charge in [-0.1, -0.05) is 91.9 Å². The standard InChI is InChI=1S/C16H28N2.2C8H16O2.Co/c1-13(17-15-9-5-3-6-10-15)14(2)18-16-11-7-4-8-12-16;2*1-3-5-6-7(4-2)8(9)10;/h15-16H,3-12H2,1-2H3;2*7H,3-6H2,1-2H3,(H,9,10);. The number of nitrogens with zero attached hydrogens (tertiary/aromatic N) is 2. The number of carboxylic acid groups (broad SMARTS) is 2. The summed E-state index contributed by atoms with van der Waals surface area (Å²) in [5.74, 6) is -1.51. The molecule has 1 radical (unpaired) electrons. The number of carbonyl (C=O) groups is 2. The van der Waals surface area contributed by atoms with Gasteiger partial charge in [-0.05, 0) is 65.2 Å². The largest absolute Gasteiger partial charge is 0.481 e. The molecule has 0 aromatic rings. The molecule has 0 saturated heterocycles. The Hall–Kier alpha value is -1.21. The average molecular weight is 596 g/mol. The van der Waals surface area contributed by atoms with Crippen molar-refractivity contribution in [2.75, 3.05) is 0 Å². The zero-order valence-corrected chi connectivity index (χ0v) is 27.0. The first-order valence-corrected chi connectivity index (χ1v) is 15.7. The van der Waals surface area contributed by atoms with Crippen molar-refractivity contribution < 1.29 is 36.6 Å². The Kier molecular flexibility index (Phi) is 26.3. The van der Waals surface area contributed by atoms with E-state index in [0.29, 0.717) is 12.1 Å². The normalized spacial score (nSPS) is 18.4. The third-order valence-corrected chi connectivity index (χ3v) is 7.92. The van der Waals surface area contributed by atoms with Gasteiger partial charge in [-0.3, -0.25) is 19.6 Å². The van der Waals surface area contributed by atoms with E-state index in [1.807, 2.05) is 13.8 Å². The number of unbranched alkanes of at least 4 members (excludes halogenated alkanes) is 2. The fourth-order valence-corrected chi connectivity index (χ4v) is 5.06. The van der Waals surface area contributed by atoms with Crippen molar-refractivity contribution in [1.29, 1.82) is 0 Å². The summed E-state index contributed by atoms with van der Waals surface area (Å²) >= 11 is 0. The van der Waals surface area contributed by atoms with Crippen LogP contribution in [-0.2, 0) is 26.4 Å². The monoisotopic (exact) mass is 595 g/mol. The van der Waals surface area contributed by atoms with Gasteiger partial charge in [0.05, 0.1) is 35.3 Å². The number of aliphatic imine (C=N–C) groups is 2. The van der Waals surface area contributed by atoms with Crippen LogP contribution >= 0.6 is 0 Å². The van der Waals surface area contributed by atoms with Crippen LogP contribution in [0.5, 0.6) is 0 Å². The van der Waals surface area contributed by atoms with Crippen LogP contribution in [0.4, 0.5) is 0 Å². The van der Waals surface area contributed by atoms with Gasteiger partial charge in [0.1, 0.15) is 0 Å². The Morgan fingerprint density at radius 1 is 0.641 bits per heavy atom. The molecule has 0 amide bonds. The van der Waals surface area contributed by atoms with Crippen molar-refractivity contribution in [3.05, 3.63) is 0 Å². The van der Waals surface area contributed by atoms with E-state index in [2.05, 4.69) is 27.7 Å². The topological polar surface area (TPSA) is 99.3 Å². The quantitative estimate of drug-likeness (QED) is 0.207. The molecule has 2 saturated carbocycles. The maximum absolute atomic E-state index is 10.4. The summed E-state index contributed by atoms with van der Waals surface area (Å²) in [6, 6.07) is 1.16. The Balaban J connectivity index is 0. The van der Waals surface area contributed by atoms with Crippen molar-refractivity contribution in [2.24, 2.45) is 21.8 Å². The van der Waals surface area contributed by atoms with E-state index in [9.17, 15) is 9.59 Å². The summed E-state index contributed by atoms with van der Waals surface area (Å²) in [5, 5.41) is 17.2. The molecule has 2 aliphatic carbocycles. The molecule has 0 spiro atoms. The molecular formula is C32H60CoN2O4. The molecule has 39 heavy (non-hydrogen) atoms. The van der Waals surface area contributed by atoms with E-state index < -0.39 is 11.9 Å². The molecule has 2 unspecified atom stereocenters. The average Bonchev–Trinajstić information content (AvgIpc) is 2.91. The molecule has 0 aliphatic heterocycles. The maximum Gasteiger partial charge on any atom is 0.306 e. The van der Waals surface area contributed by atoms with Gasteiger partial charge in [0.25, 0.3) is 0 Å². The second kappa shape index (κ2) is 25.7. The minimum atomic E-state index is -0.643. The first-order valence-electron chi connectivity index (χ1n) is 15.7. The van der Waals surface area contributed by atoms with Gasteiger partial charge in [0, 0.05) is 16.8 Å². The summed E-state index contributed by atoms with van der Waals surface area (Å²) in [6.07, 6.45) is 20.8. The van der Waals surface area contributed by atoms with Crippen molar-refractivity contribution in [2.45, 2.75) is 169 Å². The van der Waals surface area contributed by atoms with Crippen LogP contribution in [0.15, 0.2) is 9.98 Å². The van der Waals surface area contributed by atoms with Gasteiger partial charge in [0.2, 0.25) is 0 Å². The molecule has 0 aromatic carbocycles. The van der Waals surface area contributed by atoms with Crippen LogP contribution in [0.2, 0.25) is 0 Å². The number of rotatable bonds is 13. The van der Waals surface area contributed by atoms with Crippen molar-refractivity contribution in [3.63, 3.8) is 0 Å². The van der Waals surface area contributed by atoms with E-state index in [-0.39, 0.29) is 28.6 Å². The molecule has 2 N–H and O–H groups in total. The Bertz CT molecular complexity index is 626. The zero-order valence-electron chi connectivity index (χ0n) is 26.0. The predicted octanol–water partition coefficient (Wildman–Crippen LogP) is 9.15. The first kappa shape index (κ1) is 39.9. The fraction of sp³-hybridized carbons (Fsp3) is 0.875. The zero-order chi connectivity index (χ0) is 28.8. The summed E-state index contributed by atoms with van der Waals surface area (Å²) < 4.78 is 0. The molecule has 7 heteroatoms. The minimum absolute atomic E-state index is 0. The van der Waals surface area contributed by atoms with E-state index in [1.54, 1.807) is 0 Å². The van der Waals surface area contributed by atoms with Gasteiger partial charge in [-0.15, -0.1) is 0 Å². The first-order chi connectivity index (χ1) is 18.2. The Morgan fingerprint density at radius 3 is 1.18 bits per heavy atom. The second-order valence-electron chi connectivity index (χ2n) is 11.2. The van der Waals surface area contributed by atoms with Gasteiger partial charge in [0.15, 0.2) is 0 Å². The number of carboxylic acids is 2. The smallest absolute Gasteiger partial charge is 0.306 e. The molecule has 2 fully saturated rings. The van der Waals surface area contributed by atoms with Gasteiger partial charge >= 0.3 is 11.9 Å². The summed E-state index contributed by atoms with van der Waals surface area (Å²) in [7, 11) is 0. The van der Waals surface area contributed by atoms with Crippen LogP contribution in [0, 0.1) is 11.8 Å². The van der Waals surface area contributed by atoms with Gasteiger partial charge in [-0.25, -0.2) is 0 Å². The van der Waals surface area contributed by atoms with Crippen molar-refractivity contribution in [1.82, 2.24) is 0 Å². The Morgan fingerprint density at radius 2 is 0.949 bits per heavy atom. The molecule has 0 bridgehead atoms. The molecule has 0 heterocycles. The van der Waals surface area contributed by atoms with E-state index in [0.717, 1.165) is 51.4 Å². The number of hydrogen-bond donors (Lipinski definition) is 2. The van der Waals surface area contributed by atoms with Gasteiger partial charge in [-0.2, -0.15) is 0 Å². The van der Waals surface area contributed by atoms with E-state index in [1.165, 1.54) is 75.6 Å². The molecule has 0 aromatic heterocycles. The van der Waals surface area contributed by atoms with Crippen LogP contribution in [0.3, 0.4) is 0 Å². The molecule has 231 valence electrons. The molecule has 2 rings (SSSR count). The number of aliphatic carboxylic acids is 2. The van der Waals surface area contributed by atoms with Crippen molar-refractivity contribution in [3.8, 4) is 0 Å². The van der Waals surface area contributed by atoms with Gasteiger partial charge < -0.3 is 10.2 Å². The Labute approximate surface area is 250 Å². The van der Waals surface area contributed by atoms with Crippen LogP contribution in [0.25, 0.3) is 0 Å².